The first-order chi connectivity index (χ1) is 19.2. The summed E-state index contributed by atoms with van der Waals surface area (Å²) in [6.07, 6.45) is -2.20. The summed E-state index contributed by atoms with van der Waals surface area (Å²) >= 11 is 5.26. The van der Waals surface area contributed by atoms with Crippen molar-refractivity contribution in [2.45, 2.75) is 57.5 Å². The third-order valence-corrected chi connectivity index (χ3v) is 7.84. The highest BCUT2D eigenvalue weighted by Crippen LogP contribution is 2.46. The van der Waals surface area contributed by atoms with E-state index in [0.717, 1.165) is 17.8 Å². The quantitative estimate of drug-likeness (QED) is 0.132. The van der Waals surface area contributed by atoms with E-state index in [4.69, 9.17) is 41.0 Å². The molecule has 1 saturated heterocycles. The van der Waals surface area contributed by atoms with Gasteiger partial charge < -0.3 is 54.5 Å². The Hall–Kier alpha value is -3.08. The molecule has 7 N–H and O–H groups in total. The molecular formula is C24H33N6O9PS. The zero-order chi connectivity index (χ0) is 30.2. The van der Waals surface area contributed by atoms with Gasteiger partial charge in [0.25, 0.3) is 12.6 Å². The molecule has 0 bridgehead atoms. The van der Waals surface area contributed by atoms with Crippen molar-refractivity contribution >= 4 is 35.6 Å². The number of rotatable bonds is 11. The van der Waals surface area contributed by atoms with Gasteiger partial charge in [-0.15, -0.1) is 0 Å². The molecule has 0 aliphatic carbocycles. The zero-order valence-electron chi connectivity index (χ0n) is 23.0. The Morgan fingerprint density at radius 2 is 1.95 bits per heavy atom. The van der Waals surface area contributed by atoms with Gasteiger partial charge in [0, 0.05) is 0 Å². The Morgan fingerprint density at radius 3 is 2.59 bits per heavy atom. The maximum Gasteiger partial charge on any atom is 0.305 e. The second kappa shape index (κ2) is 11.7. The molecule has 15 nitrogen and oxygen atoms in total. The number of methoxy groups -OCH3 is 1. The molecule has 224 valence electrons. The fraction of sp³-hybridized carbons (Fsp3) is 0.458. The lowest BCUT2D eigenvalue weighted by Gasteiger charge is -2.34. The zero-order valence-corrected chi connectivity index (χ0v) is 24.7. The van der Waals surface area contributed by atoms with E-state index in [1.54, 1.807) is 45.0 Å². The molecule has 0 unspecified atom stereocenters. The number of aromatic nitrogens is 4. The highest BCUT2D eigenvalue weighted by Gasteiger charge is 2.64. The van der Waals surface area contributed by atoms with Gasteiger partial charge in [-0.05, 0) is 51.6 Å². The van der Waals surface area contributed by atoms with Crippen LogP contribution in [0.4, 0.5) is 5.95 Å². The lowest BCUT2D eigenvalue weighted by atomic mass is 9.94. The Labute approximate surface area is 240 Å². The molecule has 41 heavy (non-hydrogen) atoms. The first-order valence-electron chi connectivity index (χ1n) is 12.4. The average molecular weight is 613 g/mol. The van der Waals surface area contributed by atoms with Crippen molar-refractivity contribution in [2.24, 2.45) is 0 Å². The number of aliphatic hydroxyl groups excluding tert-OH is 1. The summed E-state index contributed by atoms with van der Waals surface area (Å²) in [6, 6.07) is 8.87. The second-order valence-electron chi connectivity index (χ2n) is 9.66. The van der Waals surface area contributed by atoms with E-state index in [-0.39, 0.29) is 40.7 Å². The van der Waals surface area contributed by atoms with Gasteiger partial charge in [0.1, 0.15) is 24.3 Å². The van der Waals surface area contributed by atoms with Crippen LogP contribution >= 0.6 is 6.64 Å². The van der Waals surface area contributed by atoms with Crippen molar-refractivity contribution in [1.82, 2.24) is 24.6 Å². The number of anilines is 1. The molecule has 1 fully saturated rings. The fourth-order valence-electron chi connectivity index (χ4n) is 4.09. The SMILES string of the molecule is COc1nc(N)nc2c1ncn2[C@@]1(O)O[C@H](CO[P@](O)(=S)NC(C)=C(Oc2ccccc2)OC(C)C)[C@@H](O)[C@@]1(C)O. The highest BCUT2D eigenvalue weighted by molar-refractivity contribution is 8.08. The summed E-state index contributed by atoms with van der Waals surface area (Å²) in [7, 11) is 1.35. The minimum absolute atomic E-state index is 0.0282. The first kappa shape index (κ1) is 30.9. The van der Waals surface area contributed by atoms with Crippen molar-refractivity contribution in [3.05, 3.63) is 48.3 Å². The topological polar surface area (TPSA) is 209 Å². The molecule has 3 heterocycles. The van der Waals surface area contributed by atoms with E-state index in [9.17, 15) is 20.2 Å². The monoisotopic (exact) mass is 612 g/mol. The average Bonchev–Trinajstić information content (AvgIpc) is 3.40. The minimum atomic E-state index is -3.79. The molecule has 0 radical (unpaired) electrons. The van der Waals surface area contributed by atoms with Gasteiger partial charge in [-0.25, -0.2) is 4.98 Å². The third kappa shape index (κ3) is 6.24. The molecule has 0 spiro atoms. The number of para-hydroxylation sites is 1. The predicted octanol–water partition coefficient (Wildman–Crippen LogP) is 1.05. The van der Waals surface area contributed by atoms with E-state index in [2.05, 4.69) is 20.0 Å². The predicted molar refractivity (Wildman–Crippen MR) is 150 cm³/mol. The van der Waals surface area contributed by atoms with Gasteiger partial charge in [0.15, 0.2) is 16.8 Å². The van der Waals surface area contributed by atoms with Crippen LogP contribution in [-0.2, 0) is 31.7 Å². The number of fused-ring (bicyclic) bond motifs is 1. The van der Waals surface area contributed by atoms with Crippen LogP contribution < -0.4 is 20.3 Å². The normalized spacial score (nSPS) is 26.5. The van der Waals surface area contributed by atoms with E-state index >= 15 is 0 Å². The maximum absolute atomic E-state index is 11.5. The lowest BCUT2D eigenvalue weighted by molar-refractivity contribution is -0.317. The number of aliphatic hydroxyl groups is 3. The molecule has 1 aliphatic heterocycles. The maximum atomic E-state index is 11.5. The first-order valence-corrected chi connectivity index (χ1v) is 15.1. The van der Waals surface area contributed by atoms with Crippen molar-refractivity contribution < 1.29 is 43.7 Å². The summed E-state index contributed by atoms with van der Waals surface area (Å²) in [5, 5.41) is 36.3. The summed E-state index contributed by atoms with van der Waals surface area (Å²) in [5.41, 5.74) is 3.79. The summed E-state index contributed by atoms with van der Waals surface area (Å²) in [5.74, 6) is -2.19. The number of nitrogens with zero attached hydrogens (tertiary/aromatic N) is 4. The molecule has 0 saturated carbocycles. The van der Waals surface area contributed by atoms with Gasteiger partial charge in [-0.1, -0.05) is 18.2 Å². The van der Waals surface area contributed by atoms with Crippen molar-refractivity contribution in [3.8, 4) is 11.6 Å². The molecule has 17 heteroatoms. The number of hydrogen-bond donors (Lipinski definition) is 6. The van der Waals surface area contributed by atoms with Gasteiger partial charge >= 0.3 is 5.95 Å². The number of nitrogens with one attached hydrogen (secondary N) is 1. The Bertz CT molecular complexity index is 1470. The van der Waals surface area contributed by atoms with Gasteiger partial charge in [0.05, 0.1) is 25.5 Å². The van der Waals surface area contributed by atoms with Gasteiger partial charge in [0.2, 0.25) is 11.8 Å². The van der Waals surface area contributed by atoms with Crippen LogP contribution in [0.1, 0.15) is 27.7 Å². The van der Waals surface area contributed by atoms with Crippen LogP contribution in [0.25, 0.3) is 11.2 Å². The number of hydrogen-bond acceptors (Lipinski definition) is 13. The van der Waals surface area contributed by atoms with Crippen LogP contribution in [-0.4, -0.2) is 77.4 Å². The summed E-state index contributed by atoms with van der Waals surface area (Å²) < 4.78 is 29.0. The number of nitrogens with two attached hydrogens (primary N) is 1. The largest absolute Gasteiger partial charge is 0.479 e. The molecule has 3 aromatic rings. The highest BCUT2D eigenvalue weighted by atomic mass is 32.5. The Balaban J connectivity index is 1.53. The van der Waals surface area contributed by atoms with Crippen LogP contribution in [0.2, 0.25) is 0 Å². The van der Waals surface area contributed by atoms with E-state index < -0.39 is 37.0 Å². The van der Waals surface area contributed by atoms with Gasteiger partial charge in [-0.3, -0.25) is 4.57 Å². The number of benzene rings is 1. The molecular weight excluding hydrogens is 579 g/mol. The molecule has 2 aromatic heterocycles. The second-order valence-corrected chi connectivity index (χ2v) is 12.7. The van der Waals surface area contributed by atoms with E-state index in [1.807, 2.05) is 6.07 Å². The molecule has 5 atom stereocenters. The van der Waals surface area contributed by atoms with Crippen molar-refractivity contribution in [1.29, 1.82) is 0 Å². The molecule has 1 aromatic carbocycles. The van der Waals surface area contributed by atoms with Crippen LogP contribution in [0, 0.1) is 0 Å². The van der Waals surface area contributed by atoms with Crippen molar-refractivity contribution in [3.63, 3.8) is 0 Å². The molecule has 1 aliphatic rings. The molecule has 0 amide bonds. The summed E-state index contributed by atoms with van der Waals surface area (Å²) in [4.78, 5) is 23.0. The lowest BCUT2D eigenvalue weighted by Crippen LogP contribution is -2.55. The Morgan fingerprint density at radius 1 is 1.27 bits per heavy atom. The van der Waals surface area contributed by atoms with Crippen LogP contribution in [0.5, 0.6) is 11.6 Å². The fourth-order valence-corrected chi connectivity index (χ4v) is 5.61. The number of imidazole rings is 1. The smallest absolute Gasteiger partial charge is 0.305 e. The number of nitrogen functional groups attached to an aromatic ring is 1. The van der Waals surface area contributed by atoms with Crippen LogP contribution in [0.3, 0.4) is 0 Å². The van der Waals surface area contributed by atoms with E-state index in [0.29, 0.717) is 5.75 Å². The van der Waals surface area contributed by atoms with Gasteiger partial charge in [-0.2, -0.15) is 9.97 Å². The standard InChI is InChI=1S/C24H33N6O9PS/c1-13(2)37-21(38-15-9-7-6-8-10-15)14(3)29-40(34,41)36-11-16-18(31)23(4,32)24(33,39-16)30-12-26-17-19(30)27-22(25)28-20(17)35-5/h6-10,12-13,16,18,31-33H,11H2,1-5H3,(H2,25,27,28)(H2,29,34,41)/t16-,18-,23-,24+,40+/m1/s1. The van der Waals surface area contributed by atoms with Crippen LogP contribution in [0.15, 0.2) is 48.3 Å². The summed E-state index contributed by atoms with van der Waals surface area (Å²) in [6.45, 7) is 2.03. The molecule has 4 rings (SSSR count). The van der Waals surface area contributed by atoms with Crippen molar-refractivity contribution in [2.75, 3.05) is 19.5 Å². The number of allylic oxidation sites excluding steroid dienone is 1. The minimum Gasteiger partial charge on any atom is -0.479 e. The third-order valence-electron chi connectivity index (χ3n) is 6.13. The Kier molecular flexibility index (Phi) is 8.78. The number of ether oxygens (including phenoxy) is 4. The van der Waals surface area contributed by atoms with E-state index in [1.165, 1.54) is 7.11 Å².